The second-order valence-electron chi connectivity index (χ2n) is 8.93. The van der Waals surface area contributed by atoms with E-state index >= 15 is 0 Å². The fourth-order valence-electron chi connectivity index (χ4n) is 4.89. The predicted molar refractivity (Wildman–Crippen MR) is 120 cm³/mol. The summed E-state index contributed by atoms with van der Waals surface area (Å²) in [7, 11) is 0. The molecule has 0 saturated carbocycles. The number of aliphatic hydroxyl groups excluding tert-OH is 1. The van der Waals surface area contributed by atoms with Gasteiger partial charge in [-0.1, -0.05) is 36.4 Å². The molecule has 7 heteroatoms. The first-order valence-electron chi connectivity index (χ1n) is 11.5. The van der Waals surface area contributed by atoms with Gasteiger partial charge in [-0.05, 0) is 23.3 Å². The van der Waals surface area contributed by atoms with Crippen molar-refractivity contribution in [2.45, 2.75) is 50.2 Å². The van der Waals surface area contributed by atoms with Crippen LogP contribution in [0.3, 0.4) is 0 Å². The van der Waals surface area contributed by atoms with Gasteiger partial charge in [-0.2, -0.15) is 0 Å². The van der Waals surface area contributed by atoms with E-state index in [0.717, 1.165) is 55.6 Å². The zero-order valence-corrected chi connectivity index (χ0v) is 18.3. The highest BCUT2D eigenvalue weighted by molar-refractivity contribution is 5.41. The first-order chi connectivity index (χ1) is 15.6. The summed E-state index contributed by atoms with van der Waals surface area (Å²) in [5.41, 5.74) is 9.62. The molecular weight excluding hydrogens is 408 g/mol. The number of piperidine rings is 1. The largest absolute Gasteiger partial charge is 0.399 e. The molecule has 0 radical (unpaired) electrons. The first kappa shape index (κ1) is 21.8. The maximum Gasteiger partial charge on any atom is 0.185 e. The van der Waals surface area contributed by atoms with Crippen LogP contribution in [0.4, 0.5) is 5.69 Å². The summed E-state index contributed by atoms with van der Waals surface area (Å²) in [6.07, 6.45) is 2.01. The van der Waals surface area contributed by atoms with Crippen LogP contribution >= 0.6 is 0 Å². The fourth-order valence-corrected chi connectivity index (χ4v) is 4.89. The molecule has 0 unspecified atom stereocenters. The minimum atomic E-state index is -0.475. The first-order valence-corrected chi connectivity index (χ1v) is 11.5. The topological polar surface area (TPSA) is 86.4 Å². The molecule has 3 heterocycles. The van der Waals surface area contributed by atoms with Crippen LogP contribution in [0.2, 0.25) is 0 Å². The lowest BCUT2D eigenvalue weighted by Gasteiger charge is -2.41. The fraction of sp³-hybridized carbons (Fsp3) is 0.520. The van der Waals surface area contributed by atoms with E-state index in [1.165, 1.54) is 0 Å². The molecule has 3 atom stereocenters. The molecule has 32 heavy (non-hydrogen) atoms. The van der Waals surface area contributed by atoms with Gasteiger partial charge in [0.15, 0.2) is 12.1 Å². The summed E-state index contributed by atoms with van der Waals surface area (Å²) >= 11 is 0. The Kier molecular flexibility index (Phi) is 6.46. The molecule has 3 aliphatic heterocycles. The second-order valence-corrected chi connectivity index (χ2v) is 8.93. The molecule has 0 aliphatic carbocycles. The Hall–Kier alpha value is -2.00. The minimum absolute atomic E-state index is 0.0252. The predicted octanol–water partition coefficient (Wildman–Crippen LogP) is 3.15. The van der Waals surface area contributed by atoms with Crippen molar-refractivity contribution in [2.75, 3.05) is 38.6 Å². The number of nitrogens with two attached hydrogens (primary N) is 1. The molecular formula is C25H32N2O5. The molecule has 0 amide bonds. The van der Waals surface area contributed by atoms with Gasteiger partial charge < -0.3 is 34.7 Å². The van der Waals surface area contributed by atoms with Crippen molar-refractivity contribution in [3.8, 4) is 0 Å². The molecule has 1 spiro atoms. The number of hydrogen-bond acceptors (Lipinski definition) is 7. The third-order valence-corrected chi connectivity index (χ3v) is 6.69. The Morgan fingerprint density at radius 3 is 2.41 bits per heavy atom. The third-order valence-electron chi connectivity index (χ3n) is 6.69. The molecule has 3 aliphatic rings. The molecule has 7 nitrogen and oxygen atoms in total. The van der Waals surface area contributed by atoms with Crippen LogP contribution in [-0.2, 0) is 25.6 Å². The second kappa shape index (κ2) is 9.47. The van der Waals surface area contributed by atoms with Crippen molar-refractivity contribution in [1.29, 1.82) is 0 Å². The Morgan fingerprint density at radius 1 is 0.969 bits per heavy atom. The van der Waals surface area contributed by atoms with Gasteiger partial charge in [0.2, 0.25) is 0 Å². The standard InChI is InChI=1S/C25H32N2O5/c26-21-3-1-2-20(14-21)24-31-22(15-23(32-24)19-6-4-18(17-28)5-7-19)16-27-10-8-25(9-11-27)29-12-13-30-25/h1-7,14,22-24,28H,8-13,15-17,26H2/t22-,23+,24+/m1/s1. The van der Waals surface area contributed by atoms with Gasteiger partial charge in [-0.25, -0.2) is 0 Å². The van der Waals surface area contributed by atoms with Crippen LogP contribution in [0.25, 0.3) is 0 Å². The Bertz CT molecular complexity index is 889. The lowest BCUT2D eigenvalue weighted by atomic mass is 9.98. The molecule has 172 valence electrons. The average Bonchev–Trinajstić information content (AvgIpc) is 3.29. The highest BCUT2D eigenvalue weighted by Crippen LogP contribution is 2.39. The Balaban J connectivity index is 1.30. The molecule has 3 saturated heterocycles. The quantitative estimate of drug-likeness (QED) is 0.691. The summed E-state index contributed by atoms with van der Waals surface area (Å²) in [4.78, 5) is 2.44. The van der Waals surface area contributed by atoms with E-state index in [1.807, 2.05) is 48.5 Å². The number of hydrogen-bond donors (Lipinski definition) is 2. The van der Waals surface area contributed by atoms with Gasteiger partial charge >= 0.3 is 0 Å². The number of likely N-dealkylation sites (tertiary alicyclic amines) is 1. The van der Waals surface area contributed by atoms with Crippen LogP contribution < -0.4 is 5.73 Å². The Morgan fingerprint density at radius 2 is 1.72 bits per heavy atom. The van der Waals surface area contributed by atoms with Crippen molar-refractivity contribution in [1.82, 2.24) is 4.90 Å². The number of aliphatic hydroxyl groups is 1. The monoisotopic (exact) mass is 440 g/mol. The number of nitrogen functional groups attached to an aromatic ring is 1. The molecule has 2 aromatic carbocycles. The van der Waals surface area contributed by atoms with Crippen LogP contribution in [0.15, 0.2) is 48.5 Å². The van der Waals surface area contributed by atoms with E-state index in [2.05, 4.69) is 4.90 Å². The summed E-state index contributed by atoms with van der Waals surface area (Å²) in [6.45, 7) is 4.12. The average molecular weight is 441 g/mol. The van der Waals surface area contributed by atoms with Crippen molar-refractivity contribution < 1.29 is 24.1 Å². The third kappa shape index (κ3) is 4.83. The van der Waals surface area contributed by atoms with Crippen LogP contribution in [0, 0.1) is 0 Å². The van der Waals surface area contributed by atoms with Gasteiger partial charge in [-0.15, -0.1) is 0 Å². The van der Waals surface area contributed by atoms with Crippen molar-refractivity contribution in [3.63, 3.8) is 0 Å². The van der Waals surface area contributed by atoms with Crippen molar-refractivity contribution in [2.24, 2.45) is 0 Å². The van der Waals surface area contributed by atoms with E-state index in [-0.39, 0.29) is 24.6 Å². The zero-order chi connectivity index (χ0) is 22.0. The van der Waals surface area contributed by atoms with Gasteiger partial charge in [0.25, 0.3) is 0 Å². The highest BCUT2D eigenvalue weighted by atomic mass is 16.7. The number of rotatable bonds is 5. The van der Waals surface area contributed by atoms with Gasteiger partial charge in [0.05, 0.1) is 32.0 Å². The lowest BCUT2D eigenvalue weighted by Crippen LogP contribution is -2.48. The van der Waals surface area contributed by atoms with Gasteiger partial charge in [0, 0.05) is 50.1 Å². The highest BCUT2D eigenvalue weighted by Gasteiger charge is 2.41. The summed E-state index contributed by atoms with van der Waals surface area (Å²) in [5, 5.41) is 9.37. The normalized spacial score (nSPS) is 28.2. The maximum absolute atomic E-state index is 9.37. The number of benzene rings is 2. The maximum atomic E-state index is 9.37. The minimum Gasteiger partial charge on any atom is -0.399 e. The van der Waals surface area contributed by atoms with E-state index in [1.54, 1.807) is 0 Å². The smallest absolute Gasteiger partial charge is 0.185 e. The van der Waals surface area contributed by atoms with Gasteiger partial charge in [-0.3, -0.25) is 0 Å². The molecule has 0 bridgehead atoms. The van der Waals surface area contributed by atoms with E-state index in [4.69, 9.17) is 24.7 Å². The molecule has 3 fully saturated rings. The van der Waals surface area contributed by atoms with Crippen molar-refractivity contribution >= 4 is 5.69 Å². The summed E-state index contributed by atoms with van der Waals surface area (Å²) in [6, 6.07) is 15.7. The molecule has 0 aromatic heterocycles. The number of nitrogens with zero attached hydrogens (tertiary/aromatic N) is 1. The van der Waals surface area contributed by atoms with E-state index < -0.39 is 6.29 Å². The number of anilines is 1. The van der Waals surface area contributed by atoms with E-state index in [9.17, 15) is 5.11 Å². The Labute approximate surface area is 189 Å². The zero-order valence-electron chi connectivity index (χ0n) is 18.3. The van der Waals surface area contributed by atoms with Crippen LogP contribution in [0.1, 0.15) is 48.3 Å². The van der Waals surface area contributed by atoms with Crippen molar-refractivity contribution in [3.05, 3.63) is 65.2 Å². The van der Waals surface area contributed by atoms with Crippen LogP contribution in [0.5, 0.6) is 0 Å². The lowest BCUT2D eigenvalue weighted by molar-refractivity contribution is -0.255. The molecule has 3 N–H and O–H groups in total. The SMILES string of the molecule is Nc1cccc([C@H]2O[C@@H](CN3CCC4(CC3)OCCO4)C[C@@H](c3ccc(CO)cc3)O2)c1. The number of ether oxygens (including phenoxy) is 4. The summed E-state index contributed by atoms with van der Waals surface area (Å²) in [5.74, 6) is -0.367. The molecule has 2 aromatic rings. The van der Waals surface area contributed by atoms with Gasteiger partial charge in [0.1, 0.15) is 0 Å². The summed E-state index contributed by atoms with van der Waals surface area (Å²) < 4.78 is 24.5. The van der Waals surface area contributed by atoms with Crippen LogP contribution in [-0.4, -0.2) is 54.7 Å². The van der Waals surface area contributed by atoms with E-state index in [0.29, 0.717) is 18.9 Å². The molecule has 5 rings (SSSR count).